The van der Waals surface area contributed by atoms with E-state index in [9.17, 15) is 13.2 Å². The molecule has 8 heteroatoms. The average molecular weight is 301 g/mol. The van der Waals surface area contributed by atoms with Crippen LogP contribution < -0.4 is 5.32 Å². The van der Waals surface area contributed by atoms with E-state index in [-0.39, 0.29) is 12.3 Å². The lowest BCUT2D eigenvalue weighted by Crippen LogP contribution is -2.28. The van der Waals surface area contributed by atoms with E-state index < -0.39 is 16.0 Å². The molecule has 1 N–H and O–H groups in total. The third kappa shape index (κ3) is 4.17. The highest BCUT2D eigenvalue weighted by Gasteiger charge is 2.14. The van der Waals surface area contributed by atoms with Crippen LogP contribution in [0.15, 0.2) is 12.1 Å². The molecular formula is C12H19N3O4S. The number of rotatable bonds is 6. The van der Waals surface area contributed by atoms with Crippen molar-refractivity contribution in [2.24, 2.45) is 0 Å². The molecular weight excluding hydrogens is 282 g/mol. The first-order valence-electron chi connectivity index (χ1n) is 5.98. The minimum Gasteiger partial charge on any atom is -0.465 e. The van der Waals surface area contributed by atoms with Crippen LogP contribution >= 0.6 is 0 Å². The first-order chi connectivity index (χ1) is 9.27. The number of anilines is 1. The van der Waals surface area contributed by atoms with Crippen LogP contribution in [-0.4, -0.2) is 57.2 Å². The van der Waals surface area contributed by atoms with Crippen LogP contribution in [0.5, 0.6) is 0 Å². The van der Waals surface area contributed by atoms with Crippen LogP contribution in [0.2, 0.25) is 0 Å². The fourth-order valence-corrected chi connectivity index (χ4v) is 2.20. The van der Waals surface area contributed by atoms with Gasteiger partial charge in [0.05, 0.1) is 24.1 Å². The van der Waals surface area contributed by atoms with Gasteiger partial charge < -0.3 is 10.1 Å². The minimum atomic E-state index is -3.24. The van der Waals surface area contributed by atoms with Crippen molar-refractivity contribution < 1.29 is 17.9 Å². The number of sulfonamides is 1. The third-order valence-electron chi connectivity index (χ3n) is 2.71. The lowest BCUT2D eigenvalue weighted by Gasteiger charge is -2.12. The number of nitrogens with zero attached hydrogens (tertiary/aromatic N) is 2. The molecule has 0 aliphatic heterocycles. The highest BCUT2D eigenvalue weighted by Crippen LogP contribution is 2.11. The Balaban J connectivity index is 2.67. The Kier molecular flexibility index (Phi) is 5.46. The molecule has 0 aromatic carbocycles. The molecule has 0 spiro atoms. The summed E-state index contributed by atoms with van der Waals surface area (Å²) >= 11 is 0. The van der Waals surface area contributed by atoms with E-state index in [1.807, 2.05) is 0 Å². The number of hydrogen-bond donors (Lipinski definition) is 1. The summed E-state index contributed by atoms with van der Waals surface area (Å²) in [5.41, 5.74) is 0.913. The van der Waals surface area contributed by atoms with Gasteiger partial charge in [-0.2, -0.15) is 0 Å². The summed E-state index contributed by atoms with van der Waals surface area (Å²) in [6.07, 6.45) is 0. The standard InChI is InChI=1S/C12H19N3O4S/c1-9-10(12(16)19-4)5-6-11(14-9)13-7-8-20(17,18)15(2)3/h5-6H,7-8H2,1-4H3,(H,13,14). The number of hydrogen-bond acceptors (Lipinski definition) is 6. The number of ether oxygens (including phenoxy) is 1. The molecule has 0 unspecified atom stereocenters. The summed E-state index contributed by atoms with van der Waals surface area (Å²) in [6, 6.07) is 3.21. The van der Waals surface area contributed by atoms with E-state index in [4.69, 9.17) is 0 Å². The number of carbonyl (C=O) groups is 1. The number of carbonyl (C=O) groups excluding carboxylic acids is 1. The maximum absolute atomic E-state index is 11.6. The molecule has 0 bridgehead atoms. The summed E-state index contributed by atoms with van der Waals surface area (Å²) in [5.74, 6) is 0.0419. The van der Waals surface area contributed by atoms with Crippen LogP contribution in [0.3, 0.4) is 0 Å². The largest absolute Gasteiger partial charge is 0.465 e. The minimum absolute atomic E-state index is 0.0283. The zero-order valence-electron chi connectivity index (χ0n) is 12.0. The van der Waals surface area contributed by atoms with Crippen LogP contribution in [-0.2, 0) is 14.8 Å². The second kappa shape index (κ2) is 6.67. The zero-order valence-corrected chi connectivity index (χ0v) is 12.8. The van der Waals surface area contributed by atoms with Gasteiger partial charge in [0, 0.05) is 20.6 Å². The SMILES string of the molecule is COC(=O)c1ccc(NCCS(=O)(=O)N(C)C)nc1C. The van der Waals surface area contributed by atoms with Crippen molar-refractivity contribution in [2.45, 2.75) is 6.92 Å². The van der Waals surface area contributed by atoms with E-state index in [1.165, 1.54) is 25.5 Å². The molecule has 0 amide bonds. The van der Waals surface area contributed by atoms with E-state index in [0.717, 1.165) is 0 Å². The number of aromatic nitrogens is 1. The number of nitrogens with one attached hydrogen (secondary N) is 1. The molecule has 0 atom stereocenters. The molecule has 1 heterocycles. The Morgan fingerprint density at radius 2 is 2.05 bits per heavy atom. The predicted molar refractivity (Wildman–Crippen MR) is 76.3 cm³/mol. The zero-order chi connectivity index (χ0) is 15.3. The quantitative estimate of drug-likeness (QED) is 0.769. The highest BCUT2D eigenvalue weighted by atomic mass is 32.2. The summed E-state index contributed by atoms with van der Waals surface area (Å²) in [4.78, 5) is 15.6. The lowest BCUT2D eigenvalue weighted by molar-refractivity contribution is 0.0599. The van der Waals surface area contributed by atoms with Crippen molar-refractivity contribution in [3.05, 3.63) is 23.4 Å². The van der Waals surface area contributed by atoms with Gasteiger partial charge in [0.25, 0.3) is 0 Å². The number of esters is 1. The fourth-order valence-electron chi connectivity index (χ4n) is 1.48. The van der Waals surface area contributed by atoms with Gasteiger partial charge >= 0.3 is 5.97 Å². The van der Waals surface area contributed by atoms with Crippen LogP contribution in [0.25, 0.3) is 0 Å². The summed E-state index contributed by atoms with van der Waals surface area (Å²) < 4.78 is 28.9. The maximum Gasteiger partial charge on any atom is 0.339 e. The van der Waals surface area contributed by atoms with Gasteiger partial charge in [-0.3, -0.25) is 0 Å². The molecule has 0 fully saturated rings. The average Bonchev–Trinajstić information content (AvgIpc) is 2.37. The Morgan fingerprint density at radius 3 is 2.55 bits per heavy atom. The van der Waals surface area contributed by atoms with E-state index >= 15 is 0 Å². The Hall–Kier alpha value is -1.67. The van der Waals surface area contributed by atoms with Crippen LogP contribution in [0.1, 0.15) is 16.1 Å². The van der Waals surface area contributed by atoms with Crippen molar-refractivity contribution in [2.75, 3.05) is 38.8 Å². The van der Waals surface area contributed by atoms with Gasteiger partial charge in [-0.25, -0.2) is 22.5 Å². The molecule has 0 saturated heterocycles. The predicted octanol–water partition coefficient (Wildman–Crippen LogP) is 0.480. The van der Waals surface area contributed by atoms with Gasteiger partial charge in [-0.15, -0.1) is 0 Å². The molecule has 1 aromatic heterocycles. The van der Waals surface area contributed by atoms with Crippen LogP contribution in [0, 0.1) is 6.92 Å². The molecule has 1 aromatic rings. The molecule has 20 heavy (non-hydrogen) atoms. The van der Waals surface area contributed by atoms with Gasteiger partial charge in [0.2, 0.25) is 10.0 Å². The molecule has 0 aliphatic carbocycles. The monoisotopic (exact) mass is 301 g/mol. The number of pyridine rings is 1. The smallest absolute Gasteiger partial charge is 0.339 e. The van der Waals surface area contributed by atoms with E-state index in [0.29, 0.717) is 17.1 Å². The second-order valence-electron chi connectivity index (χ2n) is 4.35. The summed E-state index contributed by atoms with van der Waals surface area (Å²) in [5, 5.41) is 2.91. The molecule has 1 rings (SSSR count). The molecule has 0 aliphatic rings. The third-order valence-corrected chi connectivity index (χ3v) is 4.55. The number of aryl methyl sites for hydroxylation is 1. The second-order valence-corrected chi connectivity index (χ2v) is 6.65. The first kappa shape index (κ1) is 16.4. The van der Waals surface area contributed by atoms with Gasteiger partial charge in [0.1, 0.15) is 5.82 Å². The van der Waals surface area contributed by atoms with E-state index in [2.05, 4.69) is 15.0 Å². The van der Waals surface area contributed by atoms with Gasteiger partial charge in [-0.05, 0) is 19.1 Å². The Labute approximate surface area is 119 Å². The van der Waals surface area contributed by atoms with Crippen molar-refractivity contribution in [1.82, 2.24) is 9.29 Å². The lowest BCUT2D eigenvalue weighted by atomic mass is 10.2. The topological polar surface area (TPSA) is 88.6 Å². The van der Waals surface area contributed by atoms with Crippen LogP contribution in [0.4, 0.5) is 5.82 Å². The van der Waals surface area contributed by atoms with Gasteiger partial charge in [-0.1, -0.05) is 0 Å². The fraction of sp³-hybridized carbons (Fsp3) is 0.500. The molecule has 112 valence electrons. The Bertz CT molecular complexity index is 584. The maximum atomic E-state index is 11.6. The summed E-state index contributed by atoms with van der Waals surface area (Å²) in [6.45, 7) is 1.93. The number of methoxy groups -OCH3 is 1. The molecule has 7 nitrogen and oxygen atoms in total. The van der Waals surface area contributed by atoms with Crippen molar-refractivity contribution in [3.8, 4) is 0 Å². The van der Waals surface area contributed by atoms with E-state index in [1.54, 1.807) is 19.1 Å². The highest BCUT2D eigenvalue weighted by molar-refractivity contribution is 7.89. The van der Waals surface area contributed by atoms with Crippen molar-refractivity contribution in [1.29, 1.82) is 0 Å². The first-order valence-corrected chi connectivity index (χ1v) is 7.59. The van der Waals surface area contributed by atoms with Gasteiger partial charge in [0.15, 0.2) is 0 Å². The molecule has 0 saturated carbocycles. The van der Waals surface area contributed by atoms with Crippen molar-refractivity contribution in [3.63, 3.8) is 0 Å². The Morgan fingerprint density at radius 1 is 1.40 bits per heavy atom. The summed E-state index contributed by atoms with van der Waals surface area (Å²) in [7, 11) is 1.05. The van der Waals surface area contributed by atoms with Crippen molar-refractivity contribution >= 4 is 21.8 Å². The normalized spacial score (nSPS) is 11.4. The molecule has 0 radical (unpaired) electrons.